The molecule has 0 aliphatic rings. The Bertz CT molecular complexity index is 599. The van der Waals surface area contributed by atoms with Gasteiger partial charge < -0.3 is 0 Å². The van der Waals surface area contributed by atoms with Gasteiger partial charge in [-0.1, -0.05) is 0 Å². The van der Waals surface area contributed by atoms with Crippen LogP contribution in [0.3, 0.4) is 0 Å². The van der Waals surface area contributed by atoms with E-state index < -0.39 is 0 Å². The molecule has 0 bridgehead atoms. The molecule has 0 aromatic carbocycles. The molecule has 0 fully saturated rings. The summed E-state index contributed by atoms with van der Waals surface area (Å²) in [6.07, 6.45) is 14.5. The fourth-order valence-corrected chi connectivity index (χ4v) is 1.11. The molecule has 0 saturated heterocycles. The van der Waals surface area contributed by atoms with Gasteiger partial charge in [0.05, 0.1) is 6.20 Å². The highest BCUT2D eigenvalue weighted by Crippen LogP contribution is 1.96. The predicted molar refractivity (Wildman–Crippen MR) is 73.5 cm³/mol. The van der Waals surface area contributed by atoms with Gasteiger partial charge in [-0.2, -0.15) is 10.3 Å². The first-order valence-corrected chi connectivity index (χ1v) is 5.83. The zero-order valence-electron chi connectivity index (χ0n) is 10.9. The molecule has 0 atom stereocenters. The molecule has 0 aliphatic heterocycles. The molecule has 4 aromatic heterocycles. The second-order valence-corrected chi connectivity index (χ2v) is 3.35. The first-order chi connectivity index (χ1) is 10.5. The Morgan fingerprint density at radius 1 is 0.667 bits per heavy atom. The summed E-state index contributed by atoms with van der Waals surface area (Å²) in [5, 5.41) is 9.92. The van der Waals surface area contributed by atoms with Crippen LogP contribution >= 0.6 is 0 Å². The van der Waals surface area contributed by atoms with Gasteiger partial charge >= 0.3 is 0 Å². The Morgan fingerprint density at radius 2 is 1.38 bits per heavy atom. The van der Waals surface area contributed by atoms with Crippen LogP contribution in [0.15, 0.2) is 62.1 Å². The van der Waals surface area contributed by atoms with Gasteiger partial charge in [0.2, 0.25) is 5.65 Å². The average molecular weight is 281 g/mol. The Kier molecular flexibility index (Phi) is 5.82. The van der Waals surface area contributed by atoms with E-state index in [1.54, 1.807) is 49.4 Å². The van der Waals surface area contributed by atoms with Crippen LogP contribution in [0.5, 0.6) is 0 Å². The first kappa shape index (κ1) is 14.1. The number of hydrogen-bond donors (Lipinski definition) is 1. The van der Waals surface area contributed by atoms with Crippen molar-refractivity contribution < 1.29 is 0 Å². The maximum atomic E-state index is 3.83. The molecule has 104 valence electrons. The minimum atomic E-state index is 0.602. The van der Waals surface area contributed by atoms with Crippen LogP contribution in [-0.4, -0.2) is 45.3 Å². The van der Waals surface area contributed by atoms with Gasteiger partial charge in [-0.15, -0.1) is 5.10 Å². The van der Waals surface area contributed by atoms with Gasteiger partial charge in [-0.3, -0.25) is 9.97 Å². The van der Waals surface area contributed by atoms with Crippen molar-refractivity contribution in [1.82, 2.24) is 45.3 Å². The summed E-state index contributed by atoms with van der Waals surface area (Å²) in [4.78, 5) is 22.4. The third-order valence-electron chi connectivity index (χ3n) is 1.95. The molecule has 0 aliphatic carbocycles. The zero-order chi connectivity index (χ0) is 14.6. The normalized spacial score (nSPS) is 8.95. The molecule has 0 spiro atoms. The van der Waals surface area contributed by atoms with Gasteiger partial charge in [-0.05, 0) is 6.07 Å². The van der Waals surface area contributed by atoms with Crippen LogP contribution in [0, 0.1) is 0 Å². The molecule has 0 radical (unpaired) electrons. The Hall–Kier alpha value is -3.36. The smallest absolute Gasteiger partial charge is 0.204 e. The van der Waals surface area contributed by atoms with Gasteiger partial charge in [-0.25, -0.2) is 19.9 Å². The first-order valence-electron chi connectivity index (χ1n) is 5.83. The largest absolute Gasteiger partial charge is 0.262 e. The number of fused-ring (bicyclic) bond motifs is 1. The number of hydrogen-bond acceptors (Lipinski definition) is 8. The summed E-state index contributed by atoms with van der Waals surface area (Å²) in [5.74, 6) is 0. The fourth-order valence-electron chi connectivity index (χ4n) is 1.11. The van der Waals surface area contributed by atoms with Gasteiger partial charge in [0, 0.05) is 37.2 Å². The second-order valence-electron chi connectivity index (χ2n) is 3.35. The van der Waals surface area contributed by atoms with E-state index in [1.165, 1.54) is 12.7 Å². The standard InChI is InChI=1S/C4H3N5.2C4H4N2/c1-3-4(6-2-5-1)8-9-7-3;1-2-6-4-3-5-1;1-2-5-4-6-3-1/h1-2H,(H,5,6,7,8,9);2*1-4H. The van der Waals surface area contributed by atoms with E-state index in [4.69, 9.17) is 0 Å². The molecule has 9 nitrogen and oxygen atoms in total. The van der Waals surface area contributed by atoms with Crippen molar-refractivity contribution in [2.45, 2.75) is 0 Å². The van der Waals surface area contributed by atoms with Crippen LogP contribution in [0.2, 0.25) is 0 Å². The van der Waals surface area contributed by atoms with E-state index in [1.807, 2.05) is 0 Å². The van der Waals surface area contributed by atoms with Crippen LogP contribution in [0.1, 0.15) is 0 Å². The molecular weight excluding hydrogens is 270 g/mol. The van der Waals surface area contributed by atoms with E-state index in [0.29, 0.717) is 11.2 Å². The summed E-state index contributed by atoms with van der Waals surface area (Å²) in [6.45, 7) is 0. The Morgan fingerprint density at radius 3 is 1.86 bits per heavy atom. The third kappa shape index (κ3) is 5.42. The minimum Gasteiger partial charge on any atom is -0.262 e. The molecule has 0 saturated carbocycles. The summed E-state index contributed by atoms with van der Waals surface area (Å²) in [7, 11) is 0. The van der Waals surface area contributed by atoms with E-state index in [0.717, 1.165) is 0 Å². The highest BCUT2D eigenvalue weighted by molar-refractivity contribution is 5.66. The van der Waals surface area contributed by atoms with Gasteiger partial charge in [0.1, 0.15) is 18.2 Å². The van der Waals surface area contributed by atoms with E-state index in [2.05, 4.69) is 45.3 Å². The number of aromatic amines is 1. The number of H-pyrrole nitrogens is 1. The van der Waals surface area contributed by atoms with Crippen molar-refractivity contribution in [3.05, 3.63) is 62.1 Å². The molecule has 21 heavy (non-hydrogen) atoms. The van der Waals surface area contributed by atoms with E-state index in [9.17, 15) is 0 Å². The van der Waals surface area contributed by atoms with Crippen molar-refractivity contribution in [3.8, 4) is 0 Å². The van der Waals surface area contributed by atoms with Crippen LogP contribution < -0.4 is 0 Å². The summed E-state index contributed by atoms with van der Waals surface area (Å²) in [6, 6.07) is 1.78. The van der Waals surface area contributed by atoms with Crippen molar-refractivity contribution >= 4 is 11.2 Å². The van der Waals surface area contributed by atoms with E-state index in [-0.39, 0.29) is 0 Å². The summed E-state index contributed by atoms with van der Waals surface area (Å²) >= 11 is 0. The molecule has 4 rings (SSSR count). The lowest BCUT2D eigenvalue weighted by molar-refractivity contribution is 0.954. The second kappa shape index (κ2) is 8.69. The fraction of sp³-hybridized carbons (Fsp3) is 0. The Labute approximate surface area is 119 Å². The lowest BCUT2D eigenvalue weighted by atomic mass is 10.6. The highest BCUT2D eigenvalue weighted by atomic mass is 15.3. The van der Waals surface area contributed by atoms with Gasteiger partial charge in [0.15, 0.2) is 0 Å². The number of rotatable bonds is 0. The molecule has 0 amide bonds. The molecule has 4 heterocycles. The summed E-state index contributed by atoms with van der Waals surface area (Å²) < 4.78 is 0. The quantitative estimate of drug-likeness (QED) is 0.500. The molecule has 0 unspecified atom stereocenters. The minimum absolute atomic E-state index is 0.602. The van der Waals surface area contributed by atoms with E-state index >= 15 is 0 Å². The molecule has 9 heteroatoms. The topological polar surface area (TPSA) is 119 Å². The molecular formula is C12H11N9. The van der Waals surface area contributed by atoms with Crippen molar-refractivity contribution in [2.24, 2.45) is 0 Å². The molecule has 4 aromatic rings. The lowest BCUT2D eigenvalue weighted by Gasteiger charge is -1.77. The SMILES string of the molecule is c1cnccn1.c1cncnc1.c1ncc2n[nH]nc2n1. The van der Waals surface area contributed by atoms with Crippen molar-refractivity contribution in [2.75, 3.05) is 0 Å². The van der Waals surface area contributed by atoms with Crippen LogP contribution in [-0.2, 0) is 0 Å². The maximum Gasteiger partial charge on any atom is 0.204 e. The molecule has 1 N–H and O–H groups in total. The zero-order valence-corrected chi connectivity index (χ0v) is 10.9. The number of nitrogens with one attached hydrogen (secondary N) is 1. The highest BCUT2D eigenvalue weighted by Gasteiger charge is 1.93. The lowest BCUT2D eigenvalue weighted by Crippen LogP contribution is -1.76. The van der Waals surface area contributed by atoms with Crippen molar-refractivity contribution in [1.29, 1.82) is 0 Å². The third-order valence-corrected chi connectivity index (χ3v) is 1.95. The Balaban J connectivity index is 0.000000120. The average Bonchev–Trinajstić information content (AvgIpc) is 3.08. The predicted octanol–water partition coefficient (Wildman–Crippen LogP) is 0.701. The maximum absolute atomic E-state index is 3.83. The van der Waals surface area contributed by atoms with Gasteiger partial charge in [0.25, 0.3) is 0 Å². The number of nitrogens with zero attached hydrogens (tertiary/aromatic N) is 8. The monoisotopic (exact) mass is 281 g/mol. The summed E-state index contributed by atoms with van der Waals surface area (Å²) in [5.41, 5.74) is 1.29. The number of aromatic nitrogens is 9. The van der Waals surface area contributed by atoms with Crippen LogP contribution in [0.25, 0.3) is 11.2 Å². The van der Waals surface area contributed by atoms with Crippen molar-refractivity contribution in [3.63, 3.8) is 0 Å². The van der Waals surface area contributed by atoms with Crippen LogP contribution in [0.4, 0.5) is 0 Å².